The lowest BCUT2D eigenvalue weighted by Gasteiger charge is -2.63. The smallest absolute Gasteiger partial charge is 0.0618 e. The van der Waals surface area contributed by atoms with E-state index in [4.69, 9.17) is 0 Å². The van der Waals surface area contributed by atoms with Crippen molar-refractivity contribution >= 4 is 0 Å². The molecule has 2 heteroatoms. The quantitative estimate of drug-likeness (QED) is 0.787. The lowest BCUT2D eigenvalue weighted by molar-refractivity contribution is -0.121. The molecule has 1 unspecified atom stereocenters. The average molecular weight is 237 g/mol. The van der Waals surface area contributed by atoms with E-state index < -0.39 is 0 Å². The Balaban J connectivity index is 1.95. The Morgan fingerprint density at radius 1 is 1.12 bits per heavy atom. The van der Waals surface area contributed by atoms with Crippen molar-refractivity contribution in [1.82, 2.24) is 5.32 Å². The second-order valence-electron chi connectivity index (χ2n) is 7.04. The molecule has 0 amide bonds. The summed E-state index contributed by atoms with van der Waals surface area (Å²) in [7, 11) is 2.05. The first-order chi connectivity index (χ1) is 8.17. The third-order valence-electron chi connectivity index (χ3n) is 6.41. The molecule has 17 heavy (non-hydrogen) atoms. The summed E-state index contributed by atoms with van der Waals surface area (Å²) in [4.78, 5) is 0. The Hall–Kier alpha value is -0.0800. The largest absolute Gasteiger partial charge is 0.394 e. The maximum Gasteiger partial charge on any atom is 0.0618 e. The van der Waals surface area contributed by atoms with Gasteiger partial charge >= 0.3 is 0 Å². The lowest BCUT2D eigenvalue weighted by atomic mass is 9.44. The maximum absolute atomic E-state index is 9.97. The Kier molecular flexibility index (Phi) is 2.79. The fraction of sp³-hybridized carbons (Fsp3) is 1.00. The number of aliphatic hydroxyl groups is 1. The molecule has 4 bridgehead atoms. The van der Waals surface area contributed by atoms with Crippen LogP contribution in [0.4, 0.5) is 0 Å². The summed E-state index contributed by atoms with van der Waals surface area (Å²) in [5.74, 6) is 2.89. The van der Waals surface area contributed by atoms with Gasteiger partial charge in [0.15, 0.2) is 0 Å². The first-order valence-corrected chi connectivity index (χ1v) is 7.47. The van der Waals surface area contributed by atoms with Gasteiger partial charge in [-0.05, 0) is 75.2 Å². The second kappa shape index (κ2) is 3.96. The molecule has 0 radical (unpaired) electrons. The van der Waals surface area contributed by atoms with E-state index in [1.807, 2.05) is 0 Å². The van der Waals surface area contributed by atoms with Crippen LogP contribution in [0.15, 0.2) is 0 Å². The van der Waals surface area contributed by atoms with Crippen LogP contribution in [0.5, 0.6) is 0 Å². The number of aliphatic hydroxyl groups excluding tert-OH is 1. The van der Waals surface area contributed by atoms with E-state index in [1.165, 1.54) is 38.5 Å². The second-order valence-corrected chi connectivity index (χ2v) is 7.04. The van der Waals surface area contributed by atoms with Gasteiger partial charge in [0.2, 0.25) is 0 Å². The normalized spacial score (nSPS) is 47.1. The highest BCUT2D eigenvalue weighted by atomic mass is 16.3. The van der Waals surface area contributed by atoms with Crippen LogP contribution < -0.4 is 5.32 Å². The molecular weight excluding hydrogens is 210 g/mol. The molecule has 0 heterocycles. The highest BCUT2D eigenvalue weighted by Crippen LogP contribution is 2.64. The Bertz CT molecular complexity index is 252. The summed E-state index contributed by atoms with van der Waals surface area (Å²) in [6, 6.07) is 0. The van der Waals surface area contributed by atoms with Crippen LogP contribution in [0, 0.1) is 23.2 Å². The first-order valence-electron chi connectivity index (χ1n) is 7.47. The zero-order valence-electron chi connectivity index (χ0n) is 11.3. The molecule has 4 aliphatic carbocycles. The molecule has 0 saturated heterocycles. The number of hydrogen-bond donors (Lipinski definition) is 2. The molecule has 2 nitrogen and oxygen atoms in total. The van der Waals surface area contributed by atoms with Gasteiger partial charge in [-0.25, -0.2) is 0 Å². The molecule has 1 atom stereocenters. The van der Waals surface area contributed by atoms with Crippen molar-refractivity contribution in [3.63, 3.8) is 0 Å². The van der Waals surface area contributed by atoms with Crippen molar-refractivity contribution in [2.24, 2.45) is 23.2 Å². The van der Waals surface area contributed by atoms with Crippen molar-refractivity contribution in [2.75, 3.05) is 13.7 Å². The van der Waals surface area contributed by atoms with Gasteiger partial charge in [-0.1, -0.05) is 6.92 Å². The number of likely N-dealkylation sites (N-methyl/N-ethyl adjacent to an activating group) is 1. The summed E-state index contributed by atoms with van der Waals surface area (Å²) in [6.45, 7) is 2.55. The van der Waals surface area contributed by atoms with Gasteiger partial charge < -0.3 is 10.4 Å². The van der Waals surface area contributed by atoms with E-state index in [2.05, 4.69) is 19.3 Å². The highest BCUT2D eigenvalue weighted by molar-refractivity contribution is 5.12. The lowest BCUT2D eigenvalue weighted by Crippen LogP contribution is -2.65. The van der Waals surface area contributed by atoms with Crippen LogP contribution in [0.1, 0.15) is 51.9 Å². The maximum atomic E-state index is 9.97. The molecule has 0 aromatic rings. The zero-order valence-corrected chi connectivity index (χ0v) is 11.3. The fourth-order valence-corrected chi connectivity index (χ4v) is 5.87. The van der Waals surface area contributed by atoms with Crippen LogP contribution >= 0.6 is 0 Å². The van der Waals surface area contributed by atoms with Crippen LogP contribution in [-0.2, 0) is 0 Å². The van der Waals surface area contributed by atoms with Gasteiger partial charge in [0.25, 0.3) is 0 Å². The SMILES string of the molecule is CCC(CO)(NC)C12CC3CC(CC(C3)C1)C2. The third kappa shape index (κ3) is 1.53. The van der Waals surface area contributed by atoms with Gasteiger partial charge in [0.05, 0.1) is 6.61 Å². The first kappa shape index (κ1) is 12.0. The molecule has 4 rings (SSSR count). The molecule has 98 valence electrons. The Labute approximate surface area is 105 Å². The summed E-state index contributed by atoms with van der Waals surface area (Å²) in [6.07, 6.45) is 9.61. The van der Waals surface area contributed by atoms with Gasteiger partial charge in [0.1, 0.15) is 0 Å². The van der Waals surface area contributed by atoms with E-state index in [1.54, 1.807) is 0 Å². The predicted octanol–water partition coefficient (Wildman–Crippen LogP) is 2.56. The molecular formula is C15H27NO. The topological polar surface area (TPSA) is 32.3 Å². The molecule has 0 aromatic heterocycles. The van der Waals surface area contributed by atoms with Gasteiger partial charge in [-0.2, -0.15) is 0 Å². The van der Waals surface area contributed by atoms with E-state index in [0.717, 1.165) is 24.2 Å². The van der Waals surface area contributed by atoms with Crippen molar-refractivity contribution in [1.29, 1.82) is 0 Å². The number of hydrogen-bond acceptors (Lipinski definition) is 2. The van der Waals surface area contributed by atoms with Crippen LogP contribution in [0.25, 0.3) is 0 Å². The number of rotatable bonds is 4. The minimum absolute atomic E-state index is 0.0109. The molecule has 0 aromatic carbocycles. The summed E-state index contributed by atoms with van der Waals surface area (Å²) in [5, 5.41) is 13.5. The van der Waals surface area contributed by atoms with E-state index >= 15 is 0 Å². The average Bonchev–Trinajstić information content (AvgIpc) is 2.29. The molecule has 4 aliphatic rings. The minimum atomic E-state index is -0.0109. The van der Waals surface area contributed by atoms with Crippen molar-refractivity contribution in [3.05, 3.63) is 0 Å². The Morgan fingerprint density at radius 3 is 1.88 bits per heavy atom. The van der Waals surface area contributed by atoms with Crippen LogP contribution in [-0.4, -0.2) is 24.3 Å². The molecule has 0 aliphatic heterocycles. The third-order valence-corrected chi connectivity index (χ3v) is 6.41. The van der Waals surface area contributed by atoms with E-state index in [-0.39, 0.29) is 5.54 Å². The van der Waals surface area contributed by atoms with Gasteiger partial charge in [-0.15, -0.1) is 0 Å². The number of nitrogens with one attached hydrogen (secondary N) is 1. The van der Waals surface area contributed by atoms with Crippen molar-refractivity contribution in [3.8, 4) is 0 Å². The fourth-order valence-electron chi connectivity index (χ4n) is 5.87. The summed E-state index contributed by atoms with van der Waals surface area (Å²) >= 11 is 0. The highest BCUT2D eigenvalue weighted by Gasteiger charge is 2.59. The summed E-state index contributed by atoms with van der Waals surface area (Å²) < 4.78 is 0. The minimum Gasteiger partial charge on any atom is -0.394 e. The zero-order chi connectivity index (χ0) is 12.1. The predicted molar refractivity (Wildman–Crippen MR) is 69.8 cm³/mol. The summed E-state index contributed by atoms with van der Waals surface area (Å²) in [5.41, 5.74) is 0.392. The van der Waals surface area contributed by atoms with Crippen LogP contribution in [0.3, 0.4) is 0 Å². The molecule has 4 fully saturated rings. The Morgan fingerprint density at radius 2 is 1.59 bits per heavy atom. The standard InChI is InChI=1S/C15H27NO/c1-3-15(10-17,16-2)14-7-11-4-12(8-14)6-13(5-11)9-14/h11-13,16-17H,3-10H2,1-2H3. The monoisotopic (exact) mass is 237 g/mol. The molecule has 2 N–H and O–H groups in total. The van der Waals surface area contributed by atoms with Crippen LogP contribution in [0.2, 0.25) is 0 Å². The van der Waals surface area contributed by atoms with E-state index in [9.17, 15) is 5.11 Å². The van der Waals surface area contributed by atoms with Crippen molar-refractivity contribution in [2.45, 2.75) is 57.4 Å². The van der Waals surface area contributed by atoms with Gasteiger partial charge in [-0.3, -0.25) is 0 Å². The molecule has 0 spiro atoms. The van der Waals surface area contributed by atoms with Gasteiger partial charge in [0, 0.05) is 5.54 Å². The molecule has 4 saturated carbocycles. The van der Waals surface area contributed by atoms with E-state index in [0.29, 0.717) is 12.0 Å². The van der Waals surface area contributed by atoms with Crippen molar-refractivity contribution < 1.29 is 5.11 Å².